The topological polar surface area (TPSA) is 14.8 Å². The maximum atomic E-state index is 10.4. The number of para-hydroxylation sites is 5. The minimum atomic E-state index is -1.39. The molecule has 0 unspecified atom stereocenters. The number of hydrogen-bond acceptors (Lipinski definition) is 0. The van der Waals surface area contributed by atoms with Crippen LogP contribution in [0.3, 0.4) is 0 Å². The van der Waals surface area contributed by atoms with Gasteiger partial charge in [-0.15, -0.1) is 0 Å². The standard InChI is InChI=1S/C60H39N3/c1-3-18-40(19-4-1)42-22-15-23-44(38-42)50-39-43(41-20-5-2-6-21-41)36-37-55(50)63-53-31-13-9-26-47(53)48-28-16-35-58(60(48)63)62-54-32-14-10-27-49(54)59-56(33-17-34-57(59)62)61-51-29-11-7-24-45(51)46-25-8-12-30-52(46)61/h1-39H/i1D,2D,3D,4D,5D,6D,7D,8D,9D,10D,11D,12D,13D,14D,15D,16D,17D,18D,19D,20D,21D,22D,23D,24D,25D,26D,27D,28D,29D,30D,31D,32D,34D,35D,36D,37D,38D,39D. The highest BCUT2D eigenvalue weighted by atomic mass is 15.1. The molecule has 0 aliphatic rings. The van der Waals surface area contributed by atoms with Gasteiger partial charge < -0.3 is 13.7 Å². The lowest BCUT2D eigenvalue weighted by Crippen LogP contribution is -2.02. The summed E-state index contributed by atoms with van der Waals surface area (Å²) in [4.78, 5) is 0. The summed E-state index contributed by atoms with van der Waals surface area (Å²) >= 11 is 0. The highest BCUT2D eigenvalue weighted by molar-refractivity contribution is 6.18. The molecule has 0 aliphatic carbocycles. The molecule has 0 N–H and O–H groups in total. The van der Waals surface area contributed by atoms with E-state index in [-0.39, 0.29) is 0 Å². The molecule has 0 atom stereocenters. The molecular formula is C60H39N3. The van der Waals surface area contributed by atoms with Crippen LogP contribution in [0.2, 0.25) is 0 Å². The number of aromatic nitrogens is 3. The summed E-state index contributed by atoms with van der Waals surface area (Å²) in [5.74, 6) is 0. The Morgan fingerprint density at radius 1 is 0.270 bits per heavy atom. The first kappa shape index (κ1) is 14.3. The molecule has 10 aromatic carbocycles. The Balaban J connectivity index is 1.37. The molecule has 3 heteroatoms. The summed E-state index contributed by atoms with van der Waals surface area (Å²) in [6.45, 7) is 0. The van der Waals surface area contributed by atoms with Crippen molar-refractivity contribution in [2.75, 3.05) is 0 Å². The van der Waals surface area contributed by atoms with E-state index < -0.39 is 345 Å². The summed E-state index contributed by atoms with van der Waals surface area (Å²) < 4.78 is 355. The van der Waals surface area contributed by atoms with Gasteiger partial charge in [0.1, 0.15) is 0 Å². The minimum Gasteiger partial charge on any atom is -0.309 e. The molecule has 0 aliphatic heterocycles. The SMILES string of the molecule is [2H]c1cc(-n2c3c([2H])c([2H])c([2H])c([2H])c3c3c([2H])c([2H])c([2H])c([2H])c32)c2c3c([2H])c([2H])c([2H])c([2H])c3n(-c3c([2H])c([2H])c([2H])c4c5c([2H])c([2H])c([2H])c([2H])c5n(-c5c([2H])c([2H])c(-c6c([2H])c([2H])c([2H])c([2H])c6[2H])c([2H])c5-c5c([2H])c([2H])c([2H])c(-c6c([2H])c([2H])c([2H])c([2H])c6[2H])c5[2H])c34)c2c1[2H]. The maximum Gasteiger partial charge on any atom is 0.0782 e. The molecule has 0 spiro atoms. The zero-order valence-electron chi connectivity index (χ0n) is 69.4. The van der Waals surface area contributed by atoms with Crippen LogP contribution in [0.25, 0.3) is 116 Å². The van der Waals surface area contributed by atoms with Gasteiger partial charge in [-0.2, -0.15) is 0 Å². The predicted molar refractivity (Wildman–Crippen MR) is 266 cm³/mol. The Morgan fingerprint density at radius 3 is 1.40 bits per heavy atom. The zero-order valence-corrected chi connectivity index (χ0v) is 31.4. The summed E-state index contributed by atoms with van der Waals surface area (Å²) in [5.41, 5.74) is -14.3. The molecule has 3 aromatic heterocycles. The third-order valence-corrected chi connectivity index (χ3v) is 10.3. The van der Waals surface area contributed by atoms with Crippen molar-refractivity contribution in [3.8, 4) is 50.4 Å². The Bertz CT molecular complexity index is 6040. The number of hydrogen-bond donors (Lipinski definition) is 0. The van der Waals surface area contributed by atoms with E-state index in [0.29, 0.717) is 9.13 Å². The molecule has 0 radical (unpaired) electrons. The lowest BCUT2D eigenvalue weighted by atomic mass is 9.94. The van der Waals surface area contributed by atoms with Crippen molar-refractivity contribution in [2.24, 2.45) is 0 Å². The molecule has 0 fully saturated rings. The normalized spacial score (nSPS) is 20.3. The summed E-state index contributed by atoms with van der Waals surface area (Å²) in [6, 6.07) is -40.5. The maximum absolute atomic E-state index is 10.4. The van der Waals surface area contributed by atoms with Crippen molar-refractivity contribution in [3.63, 3.8) is 0 Å². The van der Waals surface area contributed by atoms with Gasteiger partial charge in [-0.1, -0.05) is 175 Å². The van der Waals surface area contributed by atoms with Gasteiger partial charge >= 0.3 is 0 Å². The average molecular weight is 840 g/mol. The van der Waals surface area contributed by atoms with E-state index in [1.807, 2.05) is 0 Å². The van der Waals surface area contributed by atoms with Crippen molar-refractivity contribution >= 4 is 65.4 Å². The second-order valence-electron chi connectivity index (χ2n) is 13.6. The molecule has 3 heterocycles. The number of benzene rings is 10. The van der Waals surface area contributed by atoms with Crippen LogP contribution in [0.15, 0.2) is 236 Å². The van der Waals surface area contributed by atoms with E-state index in [9.17, 15) is 27.4 Å². The third kappa shape index (κ3) is 5.40. The molecule has 13 aromatic rings. The monoisotopic (exact) mass is 840 g/mol. The van der Waals surface area contributed by atoms with Crippen LogP contribution in [0.4, 0.5) is 0 Å². The van der Waals surface area contributed by atoms with Crippen LogP contribution >= 0.6 is 0 Å². The minimum absolute atomic E-state index is 0.535. The lowest BCUT2D eigenvalue weighted by molar-refractivity contribution is 1.13. The fourth-order valence-corrected chi connectivity index (χ4v) is 7.83. The Hall–Kier alpha value is -8.40. The Kier molecular flexibility index (Phi) is 3.21. The van der Waals surface area contributed by atoms with Gasteiger partial charge in [0.05, 0.1) is 102 Å². The molecular weight excluding hydrogens is 763 g/mol. The fourth-order valence-electron chi connectivity index (χ4n) is 7.83. The average Bonchev–Trinajstić information content (AvgIpc) is 1.52. The molecule has 63 heavy (non-hydrogen) atoms. The van der Waals surface area contributed by atoms with E-state index in [1.165, 1.54) is 0 Å². The Labute approximate surface area is 418 Å². The zero-order chi connectivity index (χ0) is 74.5. The van der Waals surface area contributed by atoms with E-state index in [2.05, 4.69) is 0 Å². The van der Waals surface area contributed by atoms with Crippen molar-refractivity contribution in [2.45, 2.75) is 0 Å². The van der Waals surface area contributed by atoms with Gasteiger partial charge in [0.2, 0.25) is 0 Å². The smallest absolute Gasteiger partial charge is 0.0782 e. The van der Waals surface area contributed by atoms with E-state index >= 15 is 0 Å². The van der Waals surface area contributed by atoms with Gasteiger partial charge in [0.25, 0.3) is 0 Å². The van der Waals surface area contributed by atoms with Crippen molar-refractivity contribution in [1.82, 2.24) is 13.7 Å². The highest BCUT2D eigenvalue weighted by Crippen LogP contribution is 2.44. The van der Waals surface area contributed by atoms with E-state index in [4.69, 9.17) is 24.7 Å². The summed E-state index contributed by atoms with van der Waals surface area (Å²) in [6.07, 6.45) is 0. The number of nitrogens with zero attached hydrogens (tertiary/aromatic N) is 3. The van der Waals surface area contributed by atoms with Crippen LogP contribution in [-0.4, -0.2) is 13.7 Å². The van der Waals surface area contributed by atoms with Crippen LogP contribution in [0.5, 0.6) is 0 Å². The number of rotatable bonds is 6. The van der Waals surface area contributed by atoms with Gasteiger partial charge in [-0.05, 0) is 88.3 Å². The van der Waals surface area contributed by atoms with Crippen LogP contribution < -0.4 is 0 Å². The van der Waals surface area contributed by atoms with E-state index in [1.54, 1.807) is 0 Å². The highest BCUT2D eigenvalue weighted by Gasteiger charge is 2.24. The lowest BCUT2D eigenvalue weighted by Gasteiger charge is -2.19. The summed E-state index contributed by atoms with van der Waals surface area (Å²) in [5, 5.41) is -4.17. The van der Waals surface area contributed by atoms with Crippen LogP contribution in [0, 0.1) is 0 Å². The van der Waals surface area contributed by atoms with Gasteiger partial charge in [-0.25, -0.2) is 0 Å². The quantitative estimate of drug-likeness (QED) is 0.158. The molecule has 294 valence electrons. The second kappa shape index (κ2) is 14.1. The molecule has 0 amide bonds. The van der Waals surface area contributed by atoms with Crippen molar-refractivity contribution in [1.29, 1.82) is 0 Å². The third-order valence-electron chi connectivity index (χ3n) is 10.3. The molecule has 0 saturated heterocycles. The predicted octanol–water partition coefficient (Wildman–Crippen LogP) is 16.0. The largest absolute Gasteiger partial charge is 0.309 e. The van der Waals surface area contributed by atoms with Crippen LogP contribution in [0.1, 0.15) is 52.1 Å². The van der Waals surface area contributed by atoms with E-state index in [0.717, 1.165) is 10.6 Å². The van der Waals surface area contributed by atoms with Gasteiger partial charge in [0.15, 0.2) is 0 Å². The fraction of sp³-hybridized carbons (Fsp3) is 0. The molecule has 0 saturated carbocycles. The van der Waals surface area contributed by atoms with Crippen LogP contribution in [-0.2, 0) is 0 Å². The Morgan fingerprint density at radius 2 is 0.730 bits per heavy atom. The van der Waals surface area contributed by atoms with Crippen molar-refractivity contribution < 1.29 is 52.1 Å². The number of fused-ring (bicyclic) bond motifs is 9. The van der Waals surface area contributed by atoms with Gasteiger partial charge in [-0.3, -0.25) is 0 Å². The van der Waals surface area contributed by atoms with Crippen molar-refractivity contribution in [3.05, 3.63) is 236 Å². The molecule has 0 bridgehead atoms. The van der Waals surface area contributed by atoms with Gasteiger partial charge in [0, 0.05) is 37.9 Å². The molecule has 3 nitrogen and oxygen atoms in total. The molecule has 13 rings (SSSR count). The second-order valence-corrected chi connectivity index (χ2v) is 13.6. The first-order valence-electron chi connectivity index (χ1n) is 37.6. The first-order valence-corrected chi connectivity index (χ1v) is 18.6. The summed E-state index contributed by atoms with van der Waals surface area (Å²) in [7, 11) is 0. The first-order chi connectivity index (χ1) is 47.1.